The number of para-hydroxylation sites is 1. The highest BCUT2D eigenvalue weighted by Crippen LogP contribution is 2.56. The molecule has 2 amide bonds. The van der Waals surface area contributed by atoms with E-state index < -0.39 is 4.87 Å². The lowest BCUT2D eigenvalue weighted by Gasteiger charge is -2.33. The van der Waals surface area contributed by atoms with Gasteiger partial charge in [0.2, 0.25) is 10.8 Å². The fourth-order valence-electron chi connectivity index (χ4n) is 4.29. The van der Waals surface area contributed by atoms with Gasteiger partial charge >= 0.3 is 0 Å². The molecule has 5 rings (SSSR count). The lowest BCUT2D eigenvalue weighted by molar-refractivity contribution is -0.123. The maximum atomic E-state index is 14.1. The van der Waals surface area contributed by atoms with Crippen LogP contribution in [0.3, 0.4) is 0 Å². The first-order valence-corrected chi connectivity index (χ1v) is 11.7. The number of nitrogens with zero attached hydrogens (tertiary/aromatic N) is 2. The van der Waals surface area contributed by atoms with Crippen molar-refractivity contribution in [1.29, 1.82) is 0 Å². The third-order valence-electron chi connectivity index (χ3n) is 5.77. The van der Waals surface area contributed by atoms with Crippen molar-refractivity contribution in [3.8, 4) is 5.75 Å². The van der Waals surface area contributed by atoms with Gasteiger partial charge in [0.05, 0.1) is 25.1 Å². The highest BCUT2D eigenvalue weighted by molar-refractivity contribution is 8.02. The van der Waals surface area contributed by atoms with Gasteiger partial charge in [-0.1, -0.05) is 47.5 Å². The van der Waals surface area contributed by atoms with Crippen molar-refractivity contribution in [2.75, 3.05) is 22.7 Å². The summed E-state index contributed by atoms with van der Waals surface area (Å²) in [5, 5.41) is 0.983. The molecule has 5 nitrogen and oxygen atoms in total. The van der Waals surface area contributed by atoms with Crippen LogP contribution in [0.4, 0.5) is 11.4 Å². The quantitative estimate of drug-likeness (QED) is 0.491. The number of rotatable bonds is 4. The van der Waals surface area contributed by atoms with Gasteiger partial charge in [0.1, 0.15) is 5.75 Å². The maximum absolute atomic E-state index is 14.1. The molecule has 0 radical (unpaired) electrons. The number of halogens is 2. The van der Waals surface area contributed by atoms with Crippen molar-refractivity contribution < 1.29 is 14.3 Å². The number of amides is 2. The number of carbonyl (C=O) groups is 2. The highest BCUT2D eigenvalue weighted by atomic mass is 35.5. The number of benzene rings is 3. The smallest absolute Gasteiger partial charge is 0.269 e. The minimum Gasteiger partial charge on any atom is -0.497 e. The Morgan fingerprint density at radius 2 is 1.66 bits per heavy atom. The van der Waals surface area contributed by atoms with Gasteiger partial charge in [0.25, 0.3) is 5.91 Å². The molecule has 0 aromatic heterocycles. The van der Waals surface area contributed by atoms with E-state index in [4.69, 9.17) is 27.9 Å². The van der Waals surface area contributed by atoms with Gasteiger partial charge < -0.3 is 9.64 Å². The Balaban J connectivity index is 1.64. The number of thioether (sulfide) groups is 1. The number of carbonyl (C=O) groups excluding carboxylic acids is 2. The third kappa shape index (κ3) is 3.09. The molecule has 1 spiro atoms. The summed E-state index contributed by atoms with van der Waals surface area (Å²) in [6.45, 7) is 0.210. The monoisotopic (exact) mass is 484 g/mol. The third-order valence-corrected chi connectivity index (χ3v) is 7.87. The lowest BCUT2D eigenvalue weighted by Crippen LogP contribution is -2.49. The zero-order valence-electron chi connectivity index (χ0n) is 17.0. The van der Waals surface area contributed by atoms with E-state index in [9.17, 15) is 9.59 Å². The van der Waals surface area contributed by atoms with Crippen molar-refractivity contribution in [1.82, 2.24) is 0 Å². The summed E-state index contributed by atoms with van der Waals surface area (Å²) in [5.74, 6) is 0.560. The number of methoxy groups -OCH3 is 1. The standard InChI is InChI=1S/C24H18Cl2N2O3S/c1-31-16-11-9-15(10-12-16)28-22(29)14-32-24(28)18-5-2-3-8-21(18)27(23(24)30)13-17-19(25)6-4-7-20(17)26/h2-12H,13-14H2,1H3/t24-/m1/s1. The first-order valence-electron chi connectivity index (χ1n) is 9.93. The highest BCUT2D eigenvalue weighted by Gasteiger charge is 2.61. The molecular weight excluding hydrogens is 467 g/mol. The van der Waals surface area contributed by atoms with Gasteiger partial charge in [-0.25, -0.2) is 0 Å². The van der Waals surface area contributed by atoms with Crippen LogP contribution in [-0.4, -0.2) is 24.7 Å². The van der Waals surface area contributed by atoms with Gasteiger partial charge in [0.15, 0.2) is 0 Å². The van der Waals surface area contributed by atoms with E-state index in [1.807, 2.05) is 24.3 Å². The van der Waals surface area contributed by atoms with Crippen molar-refractivity contribution in [3.05, 3.63) is 87.9 Å². The minimum absolute atomic E-state index is 0.124. The van der Waals surface area contributed by atoms with E-state index in [0.717, 1.165) is 11.3 Å². The van der Waals surface area contributed by atoms with Crippen LogP contribution in [-0.2, 0) is 21.0 Å². The van der Waals surface area contributed by atoms with Gasteiger partial charge in [0, 0.05) is 26.9 Å². The van der Waals surface area contributed by atoms with E-state index >= 15 is 0 Å². The van der Waals surface area contributed by atoms with Crippen LogP contribution in [0.5, 0.6) is 5.75 Å². The molecule has 32 heavy (non-hydrogen) atoms. The molecular formula is C24H18Cl2N2O3S. The van der Waals surface area contributed by atoms with Crippen LogP contribution in [0.2, 0.25) is 10.0 Å². The van der Waals surface area contributed by atoms with E-state index in [-0.39, 0.29) is 24.1 Å². The molecule has 1 atom stereocenters. The average Bonchev–Trinajstić information content (AvgIpc) is 3.27. The molecule has 0 bridgehead atoms. The maximum Gasteiger partial charge on any atom is 0.269 e. The first-order chi connectivity index (χ1) is 15.5. The zero-order valence-corrected chi connectivity index (χ0v) is 19.4. The molecule has 2 heterocycles. The Bertz CT molecular complexity index is 1210. The number of hydrogen-bond acceptors (Lipinski definition) is 4. The molecule has 0 saturated carbocycles. The molecule has 2 aliphatic rings. The van der Waals surface area contributed by atoms with E-state index in [2.05, 4.69) is 0 Å². The summed E-state index contributed by atoms with van der Waals surface area (Å²) in [6.07, 6.45) is 0. The topological polar surface area (TPSA) is 49.9 Å². The van der Waals surface area contributed by atoms with Crippen LogP contribution >= 0.6 is 35.0 Å². The van der Waals surface area contributed by atoms with Crippen LogP contribution in [0.15, 0.2) is 66.7 Å². The fraction of sp³-hybridized carbons (Fsp3) is 0.167. The summed E-state index contributed by atoms with van der Waals surface area (Å²) in [5.41, 5.74) is 2.83. The molecule has 3 aromatic carbocycles. The van der Waals surface area contributed by atoms with E-state index in [0.29, 0.717) is 27.0 Å². The molecule has 0 N–H and O–H groups in total. The molecule has 0 unspecified atom stereocenters. The summed E-state index contributed by atoms with van der Waals surface area (Å²) in [4.78, 5) is 29.2. The van der Waals surface area contributed by atoms with Crippen LogP contribution in [0.25, 0.3) is 0 Å². The first kappa shape index (κ1) is 21.2. The van der Waals surface area contributed by atoms with Crippen molar-refractivity contribution in [2.45, 2.75) is 11.4 Å². The predicted octanol–water partition coefficient (Wildman–Crippen LogP) is 5.48. The van der Waals surface area contributed by atoms with Crippen molar-refractivity contribution >= 4 is 58.2 Å². The van der Waals surface area contributed by atoms with Gasteiger partial charge in [-0.15, -0.1) is 11.8 Å². The van der Waals surface area contributed by atoms with Crippen molar-refractivity contribution in [2.24, 2.45) is 0 Å². The number of ether oxygens (including phenoxy) is 1. The second kappa shape index (κ2) is 8.03. The summed E-state index contributed by atoms with van der Waals surface area (Å²) < 4.78 is 5.25. The predicted molar refractivity (Wildman–Crippen MR) is 129 cm³/mol. The van der Waals surface area contributed by atoms with Gasteiger partial charge in [-0.3, -0.25) is 14.5 Å². The fourth-order valence-corrected chi connectivity index (χ4v) is 6.16. The second-order valence-corrected chi connectivity index (χ2v) is 9.45. The van der Waals surface area contributed by atoms with E-state index in [1.54, 1.807) is 59.4 Å². The molecule has 1 fully saturated rings. The van der Waals surface area contributed by atoms with Gasteiger partial charge in [-0.2, -0.15) is 0 Å². The average molecular weight is 485 g/mol. The normalized spacial score (nSPS) is 19.7. The number of hydrogen-bond donors (Lipinski definition) is 0. The van der Waals surface area contributed by atoms with E-state index in [1.165, 1.54) is 11.8 Å². The molecule has 0 aliphatic carbocycles. The minimum atomic E-state index is -1.18. The molecule has 2 aliphatic heterocycles. The Kier molecular flexibility index (Phi) is 5.32. The SMILES string of the molecule is COc1ccc(N2C(=O)CS[C@]23C(=O)N(Cc2c(Cl)cccc2Cl)c2ccccc23)cc1. The Morgan fingerprint density at radius 3 is 2.34 bits per heavy atom. The number of anilines is 2. The molecule has 162 valence electrons. The summed E-state index contributed by atoms with van der Waals surface area (Å²) in [7, 11) is 1.59. The summed E-state index contributed by atoms with van der Waals surface area (Å²) >= 11 is 14.1. The molecule has 8 heteroatoms. The van der Waals surface area contributed by atoms with Crippen LogP contribution in [0, 0.1) is 0 Å². The molecule has 3 aromatic rings. The van der Waals surface area contributed by atoms with Gasteiger partial charge in [-0.05, 0) is 42.5 Å². The van der Waals surface area contributed by atoms with Crippen LogP contribution < -0.4 is 14.5 Å². The number of fused-ring (bicyclic) bond motifs is 2. The lowest BCUT2D eigenvalue weighted by atomic mass is 10.0. The second-order valence-electron chi connectivity index (χ2n) is 7.47. The zero-order chi connectivity index (χ0) is 22.5. The Hall–Kier alpha value is -2.67. The Labute approximate surface area is 199 Å². The Morgan fingerprint density at radius 1 is 0.969 bits per heavy atom. The van der Waals surface area contributed by atoms with Crippen molar-refractivity contribution in [3.63, 3.8) is 0 Å². The molecule has 1 saturated heterocycles. The van der Waals surface area contributed by atoms with Crippen LogP contribution in [0.1, 0.15) is 11.1 Å². The largest absolute Gasteiger partial charge is 0.497 e. The summed E-state index contributed by atoms with van der Waals surface area (Å²) in [6, 6.07) is 20.0.